The third-order valence-corrected chi connectivity index (χ3v) is 4.79. The Balaban J connectivity index is 1.60. The highest BCUT2D eigenvalue weighted by atomic mass is 15.2. The Hall–Kier alpha value is -1.22. The van der Waals surface area contributed by atoms with Crippen molar-refractivity contribution in [2.75, 3.05) is 42.5 Å². The first kappa shape index (κ1) is 14.7. The summed E-state index contributed by atoms with van der Waals surface area (Å²) in [6.07, 6.45) is 6.54. The van der Waals surface area contributed by atoms with Gasteiger partial charge in [-0.2, -0.15) is 0 Å². The molecule has 3 heteroatoms. The summed E-state index contributed by atoms with van der Waals surface area (Å²) in [5.74, 6) is 0. The maximum Gasteiger partial charge on any atom is 0.0368 e. The molecule has 21 heavy (non-hydrogen) atoms. The van der Waals surface area contributed by atoms with Gasteiger partial charge in [0.2, 0.25) is 0 Å². The second kappa shape index (κ2) is 7.17. The average molecular weight is 287 g/mol. The molecule has 2 heterocycles. The lowest BCUT2D eigenvalue weighted by atomic mass is 10.0. The van der Waals surface area contributed by atoms with Crippen LogP contribution in [0.1, 0.15) is 39.0 Å². The number of hydrogen-bond donors (Lipinski definition) is 1. The minimum atomic E-state index is 0.664. The summed E-state index contributed by atoms with van der Waals surface area (Å²) in [7, 11) is 0. The van der Waals surface area contributed by atoms with Crippen LogP contribution in [0, 0.1) is 0 Å². The smallest absolute Gasteiger partial charge is 0.0368 e. The second-order valence-electron chi connectivity index (χ2n) is 6.45. The average Bonchev–Trinajstić information content (AvgIpc) is 3.08. The quantitative estimate of drug-likeness (QED) is 0.897. The fourth-order valence-corrected chi connectivity index (χ4v) is 3.58. The topological polar surface area (TPSA) is 18.5 Å². The lowest BCUT2D eigenvalue weighted by molar-refractivity contribution is 0.423. The van der Waals surface area contributed by atoms with Crippen LogP contribution in [0.2, 0.25) is 0 Å². The van der Waals surface area contributed by atoms with Crippen LogP contribution in [0.5, 0.6) is 0 Å². The maximum absolute atomic E-state index is 3.68. The van der Waals surface area contributed by atoms with E-state index in [0.29, 0.717) is 6.04 Å². The van der Waals surface area contributed by atoms with Crippen molar-refractivity contribution >= 4 is 11.4 Å². The second-order valence-corrected chi connectivity index (χ2v) is 6.45. The van der Waals surface area contributed by atoms with E-state index >= 15 is 0 Å². The molecule has 0 radical (unpaired) electrons. The lowest BCUT2D eigenvalue weighted by Crippen LogP contribution is -2.46. The highest BCUT2D eigenvalue weighted by Gasteiger charge is 2.20. The maximum atomic E-state index is 3.68. The van der Waals surface area contributed by atoms with Gasteiger partial charge in [-0.25, -0.2) is 0 Å². The van der Waals surface area contributed by atoms with Crippen LogP contribution in [0.3, 0.4) is 0 Å². The minimum Gasteiger partial charge on any atom is -0.372 e. The van der Waals surface area contributed by atoms with Crippen molar-refractivity contribution in [1.29, 1.82) is 0 Å². The summed E-state index contributed by atoms with van der Waals surface area (Å²) in [5.41, 5.74) is 2.79. The third kappa shape index (κ3) is 3.70. The van der Waals surface area contributed by atoms with E-state index < -0.39 is 0 Å². The summed E-state index contributed by atoms with van der Waals surface area (Å²) in [4.78, 5) is 5.05. The molecular formula is C18H29N3. The summed E-state index contributed by atoms with van der Waals surface area (Å²) in [6.45, 7) is 8.20. The van der Waals surface area contributed by atoms with Gasteiger partial charge in [-0.1, -0.05) is 6.92 Å². The number of piperidine rings is 1. The van der Waals surface area contributed by atoms with Crippen LogP contribution in [0.25, 0.3) is 0 Å². The van der Waals surface area contributed by atoms with Crippen molar-refractivity contribution in [3.8, 4) is 0 Å². The zero-order valence-electron chi connectivity index (χ0n) is 13.4. The number of benzene rings is 1. The molecule has 1 unspecified atom stereocenters. The summed E-state index contributed by atoms with van der Waals surface area (Å²) in [5, 5.41) is 3.68. The molecule has 2 aliphatic heterocycles. The fraction of sp³-hybridized carbons (Fsp3) is 0.667. The molecule has 2 fully saturated rings. The molecule has 2 aliphatic rings. The molecule has 0 bridgehead atoms. The molecular weight excluding hydrogens is 258 g/mol. The van der Waals surface area contributed by atoms with Gasteiger partial charge in [0.1, 0.15) is 0 Å². The van der Waals surface area contributed by atoms with Gasteiger partial charge in [0.15, 0.2) is 0 Å². The fourth-order valence-electron chi connectivity index (χ4n) is 3.58. The minimum absolute atomic E-state index is 0.664. The van der Waals surface area contributed by atoms with Crippen molar-refractivity contribution in [2.24, 2.45) is 0 Å². The zero-order chi connectivity index (χ0) is 14.5. The Morgan fingerprint density at radius 1 is 0.952 bits per heavy atom. The summed E-state index contributed by atoms with van der Waals surface area (Å²) in [6, 6.07) is 9.91. The van der Waals surface area contributed by atoms with Gasteiger partial charge < -0.3 is 15.1 Å². The highest BCUT2D eigenvalue weighted by molar-refractivity contribution is 5.57. The number of hydrogen-bond acceptors (Lipinski definition) is 3. The van der Waals surface area contributed by atoms with Crippen molar-refractivity contribution in [1.82, 2.24) is 5.32 Å². The van der Waals surface area contributed by atoms with E-state index in [-0.39, 0.29) is 0 Å². The highest BCUT2D eigenvalue weighted by Crippen LogP contribution is 2.25. The molecule has 3 nitrogen and oxygen atoms in total. The predicted octanol–water partition coefficient (Wildman–Crippen LogP) is 3.26. The SMILES string of the molecule is CCCNC1CCCN(c2ccc(N3CCCC3)cc2)C1. The molecule has 0 saturated carbocycles. The number of nitrogens with zero attached hydrogens (tertiary/aromatic N) is 2. The summed E-state index contributed by atoms with van der Waals surface area (Å²) < 4.78 is 0. The Labute approximate surface area is 129 Å². The molecule has 0 aliphatic carbocycles. The Morgan fingerprint density at radius 2 is 1.57 bits per heavy atom. The van der Waals surface area contributed by atoms with E-state index in [2.05, 4.69) is 46.3 Å². The molecule has 0 spiro atoms. The van der Waals surface area contributed by atoms with Crippen molar-refractivity contribution in [3.63, 3.8) is 0 Å². The van der Waals surface area contributed by atoms with E-state index in [0.717, 1.165) is 13.1 Å². The molecule has 1 aromatic carbocycles. The van der Waals surface area contributed by atoms with Gasteiger partial charge in [-0.05, 0) is 62.9 Å². The van der Waals surface area contributed by atoms with E-state index in [1.165, 1.54) is 63.1 Å². The predicted molar refractivity (Wildman–Crippen MR) is 91.4 cm³/mol. The van der Waals surface area contributed by atoms with E-state index in [1.807, 2.05) is 0 Å². The molecule has 0 aromatic heterocycles. The van der Waals surface area contributed by atoms with E-state index in [1.54, 1.807) is 0 Å². The number of nitrogens with one attached hydrogen (secondary N) is 1. The van der Waals surface area contributed by atoms with Gasteiger partial charge in [-0.15, -0.1) is 0 Å². The van der Waals surface area contributed by atoms with Gasteiger partial charge in [0, 0.05) is 43.6 Å². The molecule has 1 aromatic rings. The number of rotatable bonds is 5. The lowest BCUT2D eigenvalue weighted by Gasteiger charge is -2.35. The molecule has 1 atom stereocenters. The Morgan fingerprint density at radius 3 is 2.24 bits per heavy atom. The summed E-state index contributed by atoms with van der Waals surface area (Å²) >= 11 is 0. The molecule has 116 valence electrons. The van der Waals surface area contributed by atoms with Crippen molar-refractivity contribution in [3.05, 3.63) is 24.3 Å². The van der Waals surface area contributed by atoms with Gasteiger partial charge in [0.05, 0.1) is 0 Å². The van der Waals surface area contributed by atoms with Gasteiger partial charge in [-0.3, -0.25) is 0 Å². The van der Waals surface area contributed by atoms with Crippen LogP contribution in [0.15, 0.2) is 24.3 Å². The van der Waals surface area contributed by atoms with Crippen LogP contribution in [-0.4, -0.2) is 38.8 Å². The Bertz CT molecular complexity index is 423. The van der Waals surface area contributed by atoms with Crippen LogP contribution < -0.4 is 15.1 Å². The van der Waals surface area contributed by atoms with Crippen molar-refractivity contribution < 1.29 is 0 Å². The van der Waals surface area contributed by atoms with E-state index in [9.17, 15) is 0 Å². The molecule has 0 amide bonds. The van der Waals surface area contributed by atoms with Crippen LogP contribution in [-0.2, 0) is 0 Å². The van der Waals surface area contributed by atoms with Gasteiger partial charge in [0.25, 0.3) is 0 Å². The van der Waals surface area contributed by atoms with E-state index in [4.69, 9.17) is 0 Å². The van der Waals surface area contributed by atoms with Crippen LogP contribution in [0.4, 0.5) is 11.4 Å². The normalized spacial score (nSPS) is 22.8. The molecule has 3 rings (SSSR count). The zero-order valence-corrected chi connectivity index (χ0v) is 13.4. The number of anilines is 2. The van der Waals surface area contributed by atoms with Crippen molar-refractivity contribution in [2.45, 2.75) is 45.1 Å². The monoisotopic (exact) mass is 287 g/mol. The first-order valence-electron chi connectivity index (χ1n) is 8.70. The molecule has 1 N–H and O–H groups in total. The largest absolute Gasteiger partial charge is 0.372 e. The Kier molecular flexibility index (Phi) is 5.02. The van der Waals surface area contributed by atoms with Gasteiger partial charge >= 0.3 is 0 Å². The molecule has 2 saturated heterocycles. The third-order valence-electron chi connectivity index (χ3n) is 4.79. The first-order valence-corrected chi connectivity index (χ1v) is 8.70. The van der Waals surface area contributed by atoms with Crippen LogP contribution >= 0.6 is 0 Å². The standard InChI is InChI=1S/C18H29N3/c1-2-11-19-16-6-5-14-21(15-16)18-9-7-17(8-10-18)20-12-3-4-13-20/h7-10,16,19H,2-6,11-15H2,1H3. The first-order chi connectivity index (χ1) is 10.4.